The van der Waals surface area contributed by atoms with Gasteiger partial charge in [-0.15, -0.1) is 0 Å². The average molecular weight is 377 g/mol. The van der Waals surface area contributed by atoms with Crippen molar-refractivity contribution in [2.24, 2.45) is 0 Å². The Morgan fingerprint density at radius 2 is 2.00 bits per heavy atom. The van der Waals surface area contributed by atoms with Crippen molar-refractivity contribution in [3.05, 3.63) is 58.1 Å². The van der Waals surface area contributed by atoms with Crippen molar-refractivity contribution in [3.8, 4) is 6.07 Å². The van der Waals surface area contributed by atoms with Crippen molar-refractivity contribution in [2.45, 2.75) is 17.7 Å². The first-order chi connectivity index (χ1) is 10.5. The molecule has 2 aromatic carbocycles. The Hall–Kier alpha value is -1.84. The van der Waals surface area contributed by atoms with Crippen molar-refractivity contribution in [1.29, 1.82) is 5.26 Å². The molecule has 0 aliphatic carbocycles. The van der Waals surface area contributed by atoms with Gasteiger partial charge in [-0.05, 0) is 54.8 Å². The summed E-state index contributed by atoms with van der Waals surface area (Å²) in [6.45, 7) is 0.452. The van der Waals surface area contributed by atoms with Crippen LogP contribution >= 0.6 is 15.9 Å². The molecular weight excluding hydrogens is 364 g/mol. The number of sulfonamides is 1. The molecule has 0 fully saturated rings. The molecule has 0 radical (unpaired) electrons. The number of benzene rings is 2. The number of halogens is 1. The van der Waals surface area contributed by atoms with Crippen LogP contribution < -0.4 is 4.31 Å². The van der Waals surface area contributed by atoms with Gasteiger partial charge in [0.2, 0.25) is 0 Å². The summed E-state index contributed by atoms with van der Waals surface area (Å²) >= 11 is 3.42. The van der Waals surface area contributed by atoms with Crippen LogP contribution in [0.2, 0.25) is 0 Å². The van der Waals surface area contributed by atoms with Crippen molar-refractivity contribution < 1.29 is 8.42 Å². The maximum Gasteiger partial charge on any atom is 0.264 e. The summed E-state index contributed by atoms with van der Waals surface area (Å²) in [5.41, 5.74) is 2.08. The van der Waals surface area contributed by atoms with E-state index in [4.69, 9.17) is 5.26 Å². The first-order valence-corrected chi connectivity index (χ1v) is 9.07. The normalized spacial score (nSPS) is 14.3. The van der Waals surface area contributed by atoms with Crippen LogP contribution in [0.5, 0.6) is 0 Å². The lowest BCUT2D eigenvalue weighted by Gasteiger charge is -2.30. The first-order valence-electron chi connectivity index (χ1n) is 6.84. The van der Waals surface area contributed by atoms with E-state index in [-0.39, 0.29) is 4.90 Å². The standard InChI is InChI=1S/C16H13BrN2O2S/c17-14-6-7-16-13(10-14)4-2-8-19(16)22(20,21)15-5-1-3-12(9-15)11-18/h1,3,5-7,9-10H,2,4,8H2. The monoisotopic (exact) mass is 376 g/mol. The highest BCUT2D eigenvalue weighted by Gasteiger charge is 2.29. The predicted octanol–water partition coefficient (Wildman–Crippen LogP) is 3.46. The molecule has 1 aliphatic rings. The molecule has 22 heavy (non-hydrogen) atoms. The van der Waals surface area contributed by atoms with E-state index in [0.717, 1.165) is 28.6 Å². The van der Waals surface area contributed by atoms with Gasteiger partial charge in [-0.1, -0.05) is 22.0 Å². The highest BCUT2D eigenvalue weighted by atomic mass is 79.9. The molecule has 0 saturated heterocycles. The molecule has 1 heterocycles. The summed E-state index contributed by atoms with van der Waals surface area (Å²) in [7, 11) is -3.65. The van der Waals surface area contributed by atoms with E-state index in [1.807, 2.05) is 24.3 Å². The Morgan fingerprint density at radius 1 is 1.18 bits per heavy atom. The number of fused-ring (bicyclic) bond motifs is 1. The number of rotatable bonds is 2. The minimum absolute atomic E-state index is 0.155. The zero-order valence-corrected chi connectivity index (χ0v) is 14.1. The summed E-state index contributed by atoms with van der Waals surface area (Å²) in [6.07, 6.45) is 1.64. The zero-order chi connectivity index (χ0) is 15.7. The van der Waals surface area contributed by atoms with Gasteiger partial charge in [-0.25, -0.2) is 8.42 Å². The molecule has 0 bridgehead atoms. The molecule has 0 amide bonds. The molecule has 0 aromatic heterocycles. The highest BCUT2D eigenvalue weighted by Crippen LogP contribution is 2.33. The molecule has 6 heteroatoms. The van der Waals surface area contributed by atoms with Crippen LogP contribution in [0.15, 0.2) is 51.8 Å². The number of nitrogens with zero attached hydrogens (tertiary/aromatic N) is 2. The fraction of sp³-hybridized carbons (Fsp3) is 0.188. The van der Waals surface area contributed by atoms with E-state index in [1.165, 1.54) is 16.4 Å². The molecule has 0 atom stereocenters. The van der Waals surface area contributed by atoms with Crippen LogP contribution in [0, 0.1) is 11.3 Å². The third-order valence-electron chi connectivity index (χ3n) is 3.67. The molecular formula is C16H13BrN2O2S. The summed E-state index contributed by atoms with van der Waals surface area (Å²) in [5, 5.41) is 8.96. The Morgan fingerprint density at radius 3 is 2.77 bits per heavy atom. The van der Waals surface area contributed by atoms with Gasteiger partial charge in [0.25, 0.3) is 10.0 Å². The number of aryl methyl sites for hydroxylation is 1. The van der Waals surface area contributed by atoms with Crippen LogP contribution in [-0.2, 0) is 16.4 Å². The second-order valence-corrected chi connectivity index (χ2v) is 7.87. The van der Waals surface area contributed by atoms with Crippen LogP contribution in [0.3, 0.4) is 0 Å². The first kappa shape index (κ1) is 15.1. The molecule has 0 saturated carbocycles. The van der Waals surface area contributed by atoms with Crippen molar-refractivity contribution >= 4 is 31.6 Å². The van der Waals surface area contributed by atoms with E-state index in [0.29, 0.717) is 12.1 Å². The molecule has 0 N–H and O–H groups in total. The Kier molecular flexibility index (Phi) is 3.94. The largest absolute Gasteiger partial charge is 0.266 e. The van der Waals surface area contributed by atoms with E-state index in [9.17, 15) is 8.42 Å². The molecule has 0 spiro atoms. The summed E-state index contributed by atoms with van der Waals surface area (Å²) in [4.78, 5) is 0.155. The van der Waals surface area contributed by atoms with Crippen LogP contribution in [-0.4, -0.2) is 15.0 Å². The van der Waals surface area contributed by atoms with Crippen LogP contribution in [0.1, 0.15) is 17.5 Å². The lowest BCUT2D eigenvalue weighted by Crippen LogP contribution is -2.35. The average Bonchev–Trinajstić information content (AvgIpc) is 2.54. The second kappa shape index (κ2) is 5.75. The topological polar surface area (TPSA) is 61.2 Å². The van der Waals surface area contributed by atoms with Gasteiger partial charge >= 0.3 is 0 Å². The highest BCUT2D eigenvalue weighted by molar-refractivity contribution is 9.10. The number of nitriles is 1. The lowest BCUT2D eigenvalue weighted by atomic mass is 10.0. The third kappa shape index (κ3) is 2.62. The molecule has 3 rings (SSSR count). The Balaban J connectivity index is 2.10. The van der Waals surface area contributed by atoms with Gasteiger partial charge in [0, 0.05) is 11.0 Å². The summed E-state index contributed by atoms with van der Waals surface area (Å²) < 4.78 is 28.2. The minimum atomic E-state index is -3.65. The van der Waals surface area contributed by atoms with Gasteiger partial charge < -0.3 is 0 Å². The molecule has 112 valence electrons. The summed E-state index contributed by atoms with van der Waals surface area (Å²) in [5.74, 6) is 0. The fourth-order valence-electron chi connectivity index (χ4n) is 2.63. The smallest absolute Gasteiger partial charge is 0.264 e. The van der Waals surface area contributed by atoms with Crippen LogP contribution in [0.4, 0.5) is 5.69 Å². The van der Waals surface area contributed by atoms with E-state index in [2.05, 4.69) is 15.9 Å². The summed E-state index contributed by atoms with van der Waals surface area (Å²) in [6, 6.07) is 13.8. The third-order valence-corrected chi connectivity index (χ3v) is 5.97. The number of hydrogen-bond donors (Lipinski definition) is 0. The Bertz CT molecular complexity index is 872. The van der Waals surface area contributed by atoms with Gasteiger partial charge in [0.15, 0.2) is 0 Å². The van der Waals surface area contributed by atoms with Gasteiger partial charge in [0.05, 0.1) is 22.2 Å². The van der Waals surface area contributed by atoms with Crippen molar-refractivity contribution in [1.82, 2.24) is 0 Å². The predicted molar refractivity (Wildman–Crippen MR) is 88.2 cm³/mol. The zero-order valence-electron chi connectivity index (χ0n) is 11.7. The quantitative estimate of drug-likeness (QED) is 0.805. The SMILES string of the molecule is N#Cc1cccc(S(=O)(=O)N2CCCc3cc(Br)ccc32)c1. The van der Waals surface area contributed by atoms with E-state index < -0.39 is 10.0 Å². The maximum absolute atomic E-state index is 12.9. The van der Waals surface area contributed by atoms with E-state index in [1.54, 1.807) is 12.1 Å². The molecule has 0 unspecified atom stereocenters. The molecule has 2 aromatic rings. The number of hydrogen-bond acceptors (Lipinski definition) is 3. The van der Waals surface area contributed by atoms with Gasteiger partial charge in [0.1, 0.15) is 0 Å². The van der Waals surface area contributed by atoms with Gasteiger partial charge in [-0.2, -0.15) is 5.26 Å². The second-order valence-electron chi connectivity index (χ2n) is 5.09. The Labute approximate surface area is 138 Å². The van der Waals surface area contributed by atoms with E-state index >= 15 is 0 Å². The van der Waals surface area contributed by atoms with Crippen LogP contribution in [0.25, 0.3) is 0 Å². The fourth-order valence-corrected chi connectivity index (χ4v) is 4.63. The van der Waals surface area contributed by atoms with Gasteiger partial charge in [-0.3, -0.25) is 4.31 Å². The maximum atomic E-state index is 12.9. The minimum Gasteiger partial charge on any atom is -0.266 e. The molecule has 1 aliphatic heterocycles. The van der Waals surface area contributed by atoms with Crippen molar-refractivity contribution in [2.75, 3.05) is 10.8 Å². The lowest BCUT2D eigenvalue weighted by molar-refractivity contribution is 0.586. The molecule has 4 nitrogen and oxygen atoms in total. The van der Waals surface area contributed by atoms with Crippen molar-refractivity contribution in [3.63, 3.8) is 0 Å². The number of anilines is 1.